The number of hydrogen-bond acceptors (Lipinski definition) is 1. The second-order valence-electron chi connectivity index (χ2n) is 5.53. The van der Waals surface area contributed by atoms with E-state index in [0.29, 0.717) is 0 Å². The van der Waals surface area contributed by atoms with Gasteiger partial charge < -0.3 is 4.74 Å². The lowest BCUT2D eigenvalue weighted by Gasteiger charge is -2.20. The number of benzene rings is 2. The van der Waals surface area contributed by atoms with Gasteiger partial charge in [0.05, 0.1) is 7.11 Å². The number of hydrogen-bond donors (Lipinski definition) is 0. The minimum Gasteiger partial charge on any atom is -0.496 e. The molecule has 0 aliphatic rings. The highest BCUT2D eigenvalue weighted by molar-refractivity contribution is 5.71. The molecule has 2 aromatic carbocycles. The van der Waals surface area contributed by atoms with Gasteiger partial charge in [0.1, 0.15) is 5.75 Å². The predicted molar refractivity (Wildman–Crippen MR) is 77.1 cm³/mol. The van der Waals surface area contributed by atoms with E-state index in [1.807, 2.05) is 18.2 Å². The van der Waals surface area contributed by atoms with E-state index in [-0.39, 0.29) is 5.41 Å². The third-order valence-electron chi connectivity index (χ3n) is 3.15. The molecule has 0 heterocycles. The normalized spacial score (nSPS) is 11.3. The van der Waals surface area contributed by atoms with E-state index < -0.39 is 0 Å². The Labute approximate surface area is 109 Å². The highest BCUT2D eigenvalue weighted by atomic mass is 16.5. The maximum absolute atomic E-state index is 5.43. The van der Waals surface area contributed by atoms with Gasteiger partial charge in [0.15, 0.2) is 0 Å². The van der Waals surface area contributed by atoms with E-state index in [1.165, 1.54) is 11.1 Å². The lowest BCUT2D eigenvalue weighted by molar-refractivity contribution is 0.416. The maximum atomic E-state index is 5.43. The zero-order valence-electron chi connectivity index (χ0n) is 11.5. The number of ether oxygens (including phenoxy) is 1. The average Bonchev–Trinajstić information content (AvgIpc) is 2.38. The fraction of sp³-hybridized carbons (Fsp3) is 0.294. The van der Waals surface area contributed by atoms with Crippen molar-refractivity contribution in [2.75, 3.05) is 7.11 Å². The monoisotopic (exact) mass is 240 g/mol. The molecule has 0 fully saturated rings. The van der Waals surface area contributed by atoms with Gasteiger partial charge in [0, 0.05) is 5.56 Å². The molecule has 0 saturated carbocycles. The Bertz CT molecular complexity index is 535. The van der Waals surface area contributed by atoms with Crippen molar-refractivity contribution < 1.29 is 4.74 Å². The summed E-state index contributed by atoms with van der Waals surface area (Å²) in [5.41, 5.74) is 3.86. The van der Waals surface area contributed by atoms with Crippen LogP contribution in [0.2, 0.25) is 0 Å². The van der Waals surface area contributed by atoms with Gasteiger partial charge in [-0.25, -0.2) is 0 Å². The molecule has 0 atom stereocenters. The van der Waals surface area contributed by atoms with Crippen LogP contribution in [0.5, 0.6) is 5.75 Å². The SMILES string of the molecule is COc1ccccc1-c1cccc(C(C)(C)C)c1. The van der Waals surface area contributed by atoms with Crippen molar-refractivity contribution in [1.29, 1.82) is 0 Å². The molecule has 2 rings (SSSR count). The molecule has 0 unspecified atom stereocenters. The predicted octanol–water partition coefficient (Wildman–Crippen LogP) is 4.66. The van der Waals surface area contributed by atoms with Gasteiger partial charge in [0.2, 0.25) is 0 Å². The first-order valence-electron chi connectivity index (χ1n) is 6.26. The Morgan fingerprint density at radius 2 is 1.61 bits per heavy atom. The number of para-hydroxylation sites is 1. The number of rotatable bonds is 2. The summed E-state index contributed by atoms with van der Waals surface area (Å²) in [6, 6.07) is 16.8. The second kappa shape index (κ2) is 4.85. The lowest BCUT2D eigenvalue weighted by Crippen LogP contribution is -2.10. The highest BCUT2D eigenvalue weighted by Crippen LogP contribution is 2.32. The largest absolute Gasteiger partial charge is 0.496 e. The van der Waals surface area contributed by atoms with Crippen molar-refractivity contribution in [1.82, 2.24) is 0 Å². The van der Waals surface area contributed by atoms with Crippen LogP contribution in [0.25, 0.3) is 11.1 Å². The van der Waals surface area contributed by atoms with Gasteiger partial charge in [-0.15, -0.1) is 0 Å². The van der Waals surface area contributed by atoms with Crippen molar-refractivity contribution in [3.8, 4) is 16.9 Å². The topological polar surface area (TPSA) is 9.23 Å². The molecule has 94 valence electrons. The Hall–Kier alpha value is -1.76. The van der Waals surface area contributed by atoms with Crippen LogP contribution < -0.4 is 4.74 Å². The summed E-state index contributed by atoms with van der Waals surface area (Å²) in [7, 11) is 1.71. The molecule has 0 spiro atoms. The van der Waals surface area contributed by atoms with Crippen molar-refractivity contribution in [2.24, 2.45) is 0 Å². The van der Waals surface area contributed by atoms with Gasteiger partial charge >= 0.3 is 0 Å². The molecule has 0 amide bonds. The van der Waals surface area contributed by atoms with Crippen molar-refractivity contribution >= 4 is 0 Å². The third-order valence-corrected chi connectivity index (χ3v) is 3.15. The summed E-state index contributed by atoms with van der Waals surface area (Å²) in [5.74, 6) is 0.920. The molecule has 0 bridgehead atoms. The van der Waals surface area contributed by atoms with Crippen LogP contribution in [0, 0.1) is 0 Å². The van der Waals surface area contributed by atoms with Crippen molar-refractivity contribution in [3.05, 3.63) is 54.1 Å². The van der Waals surface area contributed by atoms with Gasteiger partial charge in [-0.2, -0.15) is 0 Å². The van der Waals surface area contributed by atoms with Crippen LogP contribution in [0.15, 0.2) is 48.5 Å². The van der Waals surface area contributed by atoms with E-state index >= 15 is 0 Å². The summed E-state index contributed by atoms with van der Waals surface area (Å²) < 4.78 is 5.43. The molecule has 0 saturated heterocycles. The highest BCUT2D eigenvalue weighted by Gasteiger charge is 2.14. The Morgan fingerprint density at radius 1 is 0.889 bits per heavy atom. The molecular weight excluding hydrogens is 220 g/mol. The summed E-state index contributed by atoms with van der Waals surface area (Å²) in [5, 5.41) is 0. The molecule has 2 aromatic rings. The Kier molecular flexibility index (Phi) is 3.42. The van der Waals surface area contributed by atoms with Crippen LogP contribution in [-0.4, -0.2) is 7.11 Å². The third kappa shape index (κ3) is 2.56. The average molecular weight is 240 g/mol. The zero-order chi connectivity index (χ0) is 13.2. The summed E-state index contributed by atoms with van der Waals surface area (Å²) in [6.07, 6.45) is 0. The van der Waals surface area contributed by atoms with E-state index in [0.717, 1.165) is 11.3 Å². The van der Waals surface area contributed by atoms with E-state index in [4.69, 9.17) is 4.74 Å². The smallest absolute Gasteiger partial charge is 0.126 e. The van der Waals surface area contributed by atoms with E-state index in [1.54, 1.807) is 7.11 Å². The molecule has 0 radical (unpaired) electrons. The fourth-order valence-electron chi connectivity index (χ4n) is 2.04. The first-order chi connectivity index (χ1) is 8.52. The van der Waals surface area contributed by atoms with Crippen LogP contribution in [0.3, 0.4) is 0 Å². The molecule has 18 heavy (non-hydrogen) atoms. The summed E-state index contributed by atoms with van der Waals surface area (Å²) in [6.45, 7) is 6.69. The van der Waals surface area contributed by atoms with Gasteiger partial charge in [-0.3, -0.25) is 0 Å². The first-order valence-corrected chi connectivity index (χ1v) is 6.26. The second-order valence-corrected chi connectivity index (χ2v) is 5.53. The quantitative estimate of drug-likeness (QED) is 0.741. The van der Waals surface area contributed by atoms with Crippen molar-refractivity contribution in [3.63, 3.8) is 0 Å². The van der Waals surface area contributed by atoms with Crippen LogP contribution in [0.1, 0.15) is 26.3 Å². The molecule has 0 aromatic heterocycles. The Balaban J connectivity index is 2.51. The zero-order valence-corrected chi connectivity index (χ0v) is 11.5. The first kappa shape index (κ1) is 12.7. The minimum atomic E-state index is 0.165. The standard InChI is InChI=1S/C17H20O/c1-17(2,3)14-9-7-8-13(12-14)15-10-5-6-11-16(15)18-4/h5-12H,1-4H3. The molecule has 1 heteroatoms. The molecule has 0 N–H and O–H groups in total. The van der Waals surface area contributed by atoms with Gasteiger partial charge in [-0.05, 0) is 22.6 Å². The van der Waals surface area contributed by atoms with Crippen LogP contribution in [-0.2, 0) is 5.41 Å². The van der Waals surface area contributed by atoms with Crippen molar-refractivity contribution in [2.45, 2.75) is 26.2 Å². The van der Waals surface area contributed by atoms with Gasteiger partial charge in [0.25, 0.3) is 0 Å². The van der Waals surface area contributed by atoms with E-state index in [2.05, 4.69) is 51.1 Å². The minimum absolute atomic E-state index is 0.165. The lowest BCUT2D eigenvalue weighted by atomic mass is 9.85. The summed E-state index contributed by atoms with van der Waals surface area (Å²) in [4.78, 5) is 0. The molecule has 0 aliphatic heterocycles. The van der Waals surface area contributed by atoms with Gasteiger partial charge in [-0.1, -0.05) is 63.2 Å². The van der Waals surface area contributed by atoms with Crippen LogP contribution >= 0.6 is 0 Å². The molecular formula is C17H20O. The summed E-state index contributed by atoms with van der Waals surface area (Å²) >= 11 is 0. The Morgan fingerprint density at radius 3 is 2.28 bits per heavy atom. The fourth-order valence-corrected chi connectivity index (χ4v) is 2.04. The maximum Gasteiger partial charge on any atom is 0.126 e. The molecule has 0 aliphatic carbocycles. The van der Waals surface area contributed by atoms with Crippen LogP contribution in [0.4, 0.5) is 0 Å². The number of methoxy groups -OCH3 is 1. The molecule has 1 nitrogen and oxygen atoms in total. The van der Waals surface area contributed by atoms with E-state index in [9.17, 15) is 0 Å².